The molecule has 17 heavy (non-hydrogen) atoms. The lowest BCUT2D eigenvalue weighted by molar-refractivity contribution is 0.482. The second-order valence-corrected chi connectivity index (χ2v) is 5.48. The summed E-state index contributed by atoms with van der Waals surface area (Å²) in [4.78, 5) is 0.0196. The third-order valence-electron chi connectivity index (χ3n) is 3.09. The normalized spacial score (nSPS) is 13.2. The van der Waals surface area contributed by atoms with E-state index in [2.05, 4.69) is 0 Å². The van der Waals surface area contributed by atoms with Crippen LogP contribution in [-0.4, -0.2) is 13.0 Å². The van der Waals surface area contributed by atoms with Crippen LogP contribution >= 0.6 is 0 Å². The van der Waals surface area contributed by atoms with Crippen molar-refractivity contribution >= 4 is 10.1 Å². The van der Waals surface area contributed by atoms with Gasteiger partial charge >= 0.3 is 0 Å². The summed E-state index contributed by atoms with van der Waals surface area (Å²) in [7, 11) is -4.15. The van der Waals surface area contributed by atoms with Crippen molar-refractivity contribution in [2.24, 2.45) is 0 Å². The Morgan fingerprint density at radius 2 is 1.65 bits per heavy atom. The Balaban J connectivity index is 2.32. The first kappa shape index (κ1) is 10.5. The van der Waals surface area contributed by atoms with Gasteiger partial charge in [0.1, 0.15) is 0 Å². The van der Waals surface area contributed by atoms with Gasteiger partial charge in [-0.05, 0) is 28.3 Å². The van der Waals surface area contributed by atoms with Gasteiger partial charge in [-0.15, -0.1) is 0 Å². The molecule has 0 heterocycles. The Labute approximate surface area is 99.5 Å². The van der Waals surface area contributed by atoms with Gasteiger partial charge in [0.05, 0.1) is 4.90 Å². The predicted molar refractivity (Wildman–Crippen MR) is 64.5 cm³/mol. The SMILES string of the molecule is O=S(=O)(O)c1cccc2c1Cc1ccccc1-2. The molecule has 3 nitrogen and oxygen atoms in total. The monoisotopic (exact) mass is 246 g/mol. The van der Waals surface area contributed by atoms with E-state index in [4.69, 9.17) is 0 Å². The van der Waals surface area contributed by atoms with Gasteiger partial charge in [-0.3, -0.25) is 4.55 Å². The van der Waals surface area contributed by atoms with E-state index in [9.17, 15) is 13.0 Å². The molecule has 0 fully saturated rings. The zero-order valence-electron chi connectivity index (χ0n) is 8.92. The molecule has 0 saturated carbocycles. The van der Waals surface area contributed by atoms with E-state index in [0.29, 0.717) is 12.0 Å². The van der Waals surface area contributed by atoms with Gasteiger partial charge in [0.2, 0.25) is 0 Å². The van der Waals surface area contributed by atoms with Crippen molar-refractivity contribution in [1.29, 1.82) is 0 Å². The molecule has 0 aromatic heterocycles. The van der Waals surface area contributed by atoms with Crippen molar-refractivity contribution in [3.05, 3.63) is 53.6 Å². The largest absolute Gasteiger partial charge is 0.294 e. The minimum absolute atomic E-state index is 0.0196. The molecule has 4 heteroatoms. The fourth-order valence-corrected chi connectivity index (χ4v) is 3.11. The highest BCUT2D eigenvalue weighted by Gasteiger charge is 2.24. The van der Waals surface area contributed by atoms with Crippen LogP contribution < -0.4 is 0 Å². The van der Waals surface area contributed by atoms with E-state index < -0.39 is 10.1 Å². The summed E-state index contributed by atoms with van der Waals surface area (Å²) >= 11 is 0. The standard InChI is InChI=1S/C13H10O3S/c14-17(15,16)13-7-3-6-11-10-5-2-1-4-9(10)8-12(11)13/h1-7H,8H2,(H,14,15,16). The Bertz CT molecular complexity index is 702. The van der Waals surface area contributed by atoms with Gasteiger partial charge in [0.15, 0.2) is 0 Å². The summed E-state index contributed by atoms with van der Waals surface area (Å²) in [6.45, 7) is 0. The predicted octanol–water partition coefficient (Wildman–Crippen LogP) is 2.50. The Hall–Kier alpha value is -1.65. The summed E-state index contributed by atoms with van der Waals surface area (Å²) in [5.74, 6) is 0. The van der Waals surface area contributed by atoms with E-state index in [-0.39, 0.29) is 4.90 Å². The van der Waals surface area contributed by atoms with E-state index in [1.807, 2.05) is 30.3 Å². The lowest BCUT2D eigenvalue weighted by atomic mass is 10.1. The number of benzene rings is 2. The molecule has 1 aliphatic carbocycles. The molecular formula is C13H10O3S. The molecule has 0 aliphatic heterocycles. The zero-order chi connectivity index (χ0) is 12.0. The summed E-state index contributed by atoms with van der Waals surface area (Å²) in [6.07, 6.45) is 0.557. The van der Waals surface area contributed by atoms with Gasteiger partial charge in [0.25, 0.3) is 10.1 Å². The molecule has 0 atom stereocenters. The van der Waals surface area contributed by atoms with Crippen molar-refractivity contribution in [3.8, 4) is 11.1 Å². The quantitative estimate of drug-likeness (QED) is 0.671. The maximum absolute atomic E-state index is 11.3. The lowest BCUT2D eigenvalue weighted by Crippen LogP contribution is -2.02. The van der Waals surface area contributed by atoms with Crippen molar-refractivity contribution in [1.82, 2.24) is 0 Å². The molecule has 1 aliphatic rings. The van der Waals surface area contributed by atoms with Gasteiger partial charge in [-0.1, -0.05) is 36.4 Å². The average Bonchev–Trinajstić information content (AvgIpc) is 2.65. The fourth-order valence-electron chi connectivity index (χ4n) is 2.37. The zero-order valence-corrected chi connectivity index (χ0v) is 9.74. The Kier molecular flexibility index (Phi) is 2.11. The summed E-state index contributed by atoms with van der Waals surface area (Å²) < 4.78 is 31.8. The van der Waals surface area contributed by atoms with Gasteiger partial charge in [0, 0.05) is 6.42 Å². The van der Waals surface area contributed by atoms with Crippen LogP contribution in [0.4, 0.5) is 0 Å². The first-order chi connectivity index (χ1) is 8.07. The van der Waals surface area contributed by atoms with E-state index in [1.54, 1.807) is 6.07 Å². The van der Waals surface area contributed by atoms with E-state index in [1.165, 1.54) is 6.07 Å². The molecule has 0 bridgehead atoms. The molecule has 0 saturated heterocycles. The van der Waals surface area contributed by atoms with Gasteiger partial charge < -0.3 is 0 Å². The lowest BCUT2D eigenvalue weighted by Gasteiger charge is -2.04. The smallest absolute Gasteiger partial charge is 0.282 e. The summed E-state index contributed by atoms with van der Waals surface area (Å²) in [6, 6.07) is 12.8. The third-order valence-corrected chi connectivity index (χ3v) is 4.02. The summed E-state index contributed by atoms with van der Waals surface area (Å²) in [5, 5.41) is 0. The molecule has 0 unspecified atom stereocenters. The van der Waals surface area contributed by atoms with E-state index in [0.717, 1.165) is 16.7 Å². The number of fused-ring (bicyclic) bond motifs is 3. The van der Waals surface area contributed by atoms with Crippen molar-refractivity contribution in [2.75, 3.05) is 0 Å². The van der Waals surface area contributed by atoms with Crippen molar-refractivity contribution in [2.45, 2.75) is 11.3 Å². The first-order valence-electron chi connectivity index (χ1n) is 5.25. The Morgan fingerprint density at radius 1 is 0.941 bits per heavy atom. The molecule has 2 aromatic rings. The fraction of sp³-hybridized carbons (Fsp3) is 0.0769. The van der Waals surface area contributed by atoms with Crippen LogP contribution in [0.3, 0.4) is 0 Å². The molecule has 0 radical (unpaired) electrons. The second-order valence-electron chi connectivity index (χ2n) is 4.09. The number of hydrogen-bond donors (Lipinski definition) is 1. The minimum Gasteiger partial charge on any atom is -0.282 e. The maximum Gasteiger partial charge on any atom is 0.294 e. The van der Waals surface area contributed by atoms with Crippen LogP contribution in [0, 0.1) is 0 Å². The molecule has 1 N–H and O–H groups in total. The number of rotatable bonds is 1. The van der Waals surface area contributed by atoms with Gasteiger partial charge in [-0.25, -0.2) is 0 Å². The van der Waals surface area contributed by atoms with Crippen molar-refractivity contribution in [3.63, 3.8) is 0 Å². The van der Waals surface area contributed by atoms with Crippen LogP contribution in [0.15, 0.2) is 47.4 Å². The molecule has 86 valence electrons. The van der Waals surface area contributed by atoms with Gasteiger partial charge in [-0.2, -0.15) is 8.42 Å². The Morgan fingerprint density at radius 3 is 2.41 bits per heavy atom. The van der Waals surface area contributed by atoms with E-state index >= 15 is 0 Å². The highest BCUT2D eigenvalue weighted by molar-refractivity contribution is 7.85. The summed E-state index contributed by atoms with van der Waals surface area (Å²) in [5.41, 5.74) is 3.73. The average molecular weight is 246 g/mol. The van der Waals surface area contributed by atoms with Crippen LogP contribution in [0.2, 0.25) is 0 Å². The molecule has 2 aromatic carbocycles. The van der Waals surface area contributed by atoms with Crippen LogP contribution in [0.25, 0.3) is 11.1 Å². The van der Waals surface area contributed by atoms with Crippen molar-refractivity contribution < 1.29 is 13.0 Å². The molecular weight excluding hydrogens is 236 g/mol. The first-order valence-corrected chi connectivity index (χ1v) is 6.69. The maximum atomic E-state index is 11.3. The van der Waals surface area contributed by atoms with Crippen LogP contribution in [0.5, 0.6) is 0 Å². The third kappa shape index (κ3) is 1.57. The topological polar surface area (TPSA) is 54.4 Å². The minimum atomic E-state index is -4.15. The number of hydrogen-bond acceptors (Lipinski definition) is 2. The highest BCUT2D eigenvalue weighted by Crippen LogP contribution is 2.39. The molecule has 0 amide bonds. The molecule has 0 spiro atoms. The highest BCUT2D eigenvalue weighted by atomic mass is 32.2. The molecule has 3 rings (SSSR count). The van der Waals surface area contributed by atoms with Crippen LogP contribution in [-0.2, 0) is 16.5 Å². The second kappa shape index (κ2) is 3.42. The van der Waals surface area contributed by atoms with Crippen LogP contribution in [0.1, 0.15) is 11.1 Å².